The summed E-state index contributed by atoms with van der Waals surface area (Å²) in [4.78, 5) is 25.2. The van der Waals surface area contributed by atoms with Gasteiger partial charge in [-0.05, 0) is 62.6 Å². The zero-order valence-electron chi connectivity index (χ0n) is 20.6. The van der Waals surface area contributed by atoms with Gasteiger partial charge in [0.2, 0.25) is 0 Å². The summed E-state index contributed by atoms with van der Waals surface area (Å²) in [7, 11) is 0. The van der Waals surface area contributed by atoms with Gasteiger partial charge in [0.05, 0.1) is 19.8 Å². The number of carbonyl (C=O) groups is 2. The number of carboxylic acid groups (broad SMARTS) is 1. The van der Waals surface area contributed by atoms with Gasteiger partial charge in [0.15, 0.2) is 6.10 Å². The van der Waals surface area contributed by atoms with Gasteiger partial charge < -0.3 is 29.0 Å². The number of benzene rings is 2. The third-order valence-electron chi connectivity index (χ3n) is 5.07. The lowest BCUT2D eigenvalue weighted by molar-refractivity contribution is -0.149. The molecule has 0 radical (unpaired) electrons. The Morgan fingerprint density at radius 3 is 2.17 bits per heavy atom. The Bertz CT molecular complexity index is 936. The average Bonchev–Trinajstić information content (AvgIpc) is 2.83. The molecule has 0 spiro atoms. The highest BCUT2D eigenvalue weighted by atomic mass is 35.5. The molecule has 2 aromatic carbocycles. The zero-order chi connectivity index (χ0) is 26.3. The van der Waals surface area contributed by atoms with Crippen molar-refractivity contribution in [1.29, 1.82) is 0 Å². The van der Waals surface area contributed by atoms with Gasteiger partial charge >= 0.3 is 12.1 Å². The van der Waals surface area contributed by atoms with Gasteiger partial charge in [0.25, 0.3) is 0 Å². The molecule has 0 saturated heterocycles. The monoisotopic (exact) mass is 541 g/mol. The highest BCUT2D eigenvalue weighted by molar-refractivity contribution is 6.34. The Morgan fingerprint density at radius 2 is 1.56 bits per heavy atom. The normalized spacial score (nSPS) is 11.6. The van der Waals surface area contributed by atoms with Crippen molar-refractivity contribution >= 4 is 35.3 Å². The van der Waals surface area contributed by atoms with Crippen molar-refractivity contribution in [2.75, 3.05) is 39.5 Å². The maximum absolute atomic E-state index is 12.3. The Kier molecular flexibility index (Phi) is 13.2. The summed E-state index contributed by atoms with van der Waals surface area (Å²) in [5, 5.41) is 10.2. The van der Waals surface area contributed by atoms with Crippen LogP contribution in [-0.4, -0.2) is 67.7 Å². The number of hydrogen-bond donors (Lipinski definition) is 1. The van der Waals surface area contributed by atoms with Crippen LogP contribution in [0.4, 0.5) is 4.79 Å². The van der Waals surface area contributed by atoms with E-state index in [1.165, 1.54) is 0 Å². The lowest BCUT2D eigenvalue weighted by Crippen LogP contribution is -2.36. The molecule has 8 nitrogen and oxygen atoms in total. The summed E-state index contributed by atoms with van der Waals surface area (Å²) in [6, 6.07) is 12.2. The minimum Gasteiger partial charge on any atom is -0.493 e. The number of carboxylic acids is 1. The Morgan fingerprint density at radius 1 is 0.889 bits per heavy atom. The fourth-order valence-corrected chi connectivity index (χ4v) is 3.85. The molecule has 0 fully saturated rings. The van der Waals surface area contributed by atoms with Crippen molar-refractivity contribution < 1.29 is 33.6 Å². The molecule has 1 N–H and O–H groups in total. The van der Waals surface area contributed by atoms with Crippen molar-refractivity contribution in [3.05, 3.63) is 58.1 Å². The molecule has 1 atom stereocenters. The Hall–Kier alpha value is -2.68. The van der Waals surface area contributed by atoms with E-state index in [1.807, 2.05) is 0 Å². The van der Waals surface area contributed by atoms with E-state index in [4.69, 9.17) is 42.1 Å². The smallest absolute Gasteiger partial charge is 0.409 e. The second kappa shape index (κ2) is 16.1. The fraction of sp³-hybridized carbons (Fsp3) is 0.462. The molecular formula is C26H33Cl2NO7. The number of hydrogen-bond acceptors (Lipinski definition) is 6. The van der Waals surface area contributed by atoms with E-state index in [0.717, 1.165) is 12.0 Å². The van der Waals surface area contributed by atoms with E-state index >= 15 is 0 Å². The van der Waals surface area contributed by atoms with Crippen molar-refractivity contribution in [1.82, 2.24) is 4.90 Å². The predicted molar refractivity (Wildman–Crippen MR) is 138 cm³/mol. The molecule has 0 bridgehead atoms. The van der Waals surface area contributed by atoms with Crippen molar-refractivity contribution in [3.8, 4) is 11.5 Å². The summed E-state index contributed by atoms with van der Waals surface area (Å²) < 4.78 is 21.9. The number of carbonyl (C=O) groups excluding carboxylic acids is 1. The molecule has 0 aliphatic heterocycles. The first-order valence-corrected chi connectivity index (χ1v) is 12.6. The van der Waals surface area contributed by atoms with E-state index in [9.17, 15) is 14.7 Å². The van der Waals surface area contributed by atoms with Gasteiger partial charge in [-0.15, -0.1) is 0 Å². The second-order valence-corrected chi connectivity index (χ2v) is 8.70. The van der Waals surface area contributed by atoms with Crippen molar-refractivity contribution in [2.24, 2.45) is 0 Å². The summed E-state index contributed by atoms with van der Waals surface area (Å²) in [5.74, 6) is 0.238. The predicted octanol–water partition coefficient (Wildman–Crippen LogP) is 5.72. The summed E-state index contributed by atoms with van der Waals surface area (Å²) in [5.41, 5.74) is 0.832. The molecule has 0 aliphatic carbocycles. The Balaban J connectivity index is 1.78. The third kappa shape index (κ3) is 10.9. The maximum atomic E-state index is 12.3. The van der Waals surface area contributed by atoms with Crippen LogP contribution in [0.5, 0.6) is 11.5 Å². The van der Waals surface area contributed by atoms with Crippen molar-refractivity contribution in [3.63, 3.8) is 0 Å². The first-order chi connectivity index (χ1) is 17.3. The largest absolute Gasteiger partial charge is 0.493 e. The summed E-state index contributed by atoms with van der Waals surface area (Å²) in [6.07, 6.45) is 0.436. The molecule has 1 unspecified atom stereocenters. The molecule has 10 heteroatoms. The number of ether oxygens (including phenoxy) is 4. The standard InChI is InChI=1S/C26H33Cl2NO7/c1-3-33-24(25(30)31)15-19-7-9-22(10-8-19)36-14-12-29(26(32)34-4-2)11-5-6-13-35-23-17-20(27)16-21(28)18-23/h7-10,16-18,24H,3-6,11-15H2,1-2H3,(H,30,31). The lowest BCUT2D eigenvalue weighted by Gasteiger charge is -2.22. The zero-order valence-corrected chi connectivity index (χ0v) is 22.1. The quantitative estimate of drug-likeness (QED) is 0.271. The van der Waals surface area contributed by atoms with Crippen LogP contribution in [0.1, 0.15) is 32.3 Å². The van der Waals surface area contributed by atoms with E-state index in [1.54, 1.807) is 61.2 Å². The number of aliphatic carboxylic acids is 1. The SMILES string of the molecule is CCOC(=O)N(CCCCOc1cc(Cl)cc(Cl)c1)CCOc1ccc(CC(OCC)C(=O)O)cc1. The van der Waals surface area contributed by atoms with Crippen LogP contribution < -0.4 is 9.47 Å². The van der Waals surface area contributed by atoms with Gasteiger partial charge in [0, 0.05) is 29.6 Å². The van der Waals surface area contributed by atoms with E-state index in [2.05, 4.69) is 0 Å². The summed E-state index contributed by atoms with van der Waals surface area (Å²) >= 11 is 12.0. The van der Waals surface area contributed by atoms with Gasteiger partial charge in [-0.3, -0.25) is 0 Å². The summed E-state index contributed by atoms with van der Waals surface area (Å²) in [6.45, 7) is 5.74. The van der Waals surface area contributed by atoms with E-state index in [0.29, 0.717) is 54.3 Å². The molecule has 0 heterocycles. The Labute approximate surface area is 222 Å². The number of unbranched alkanes of at least 4 members (excludes halogenated alkanes) is 1. The van der Waals surface area contributed by atoms with E-state index in [-0.39, 0.29) is 19.6 Å². The molecule has 1 amide bonds. The van der Waals surface area contributed by atoms with Crippen LogP contribution in [-0.2, 0) is 20.7 Å². The molecule has 2 rings (SSSR count). The molecule has 2 aromatic rings. The minimum absolute atomic E-state index is 0.272. The number of rotatable bonds is 16. The molecular weight excluding hydrogens is 509 g/mol. The highest BCUT2D eigenvalue weighted by Gasteiger charge is 2.18. The lowest BCUT2D eigenvalue weighted by atomic mass is 10.1. The molecule has 198 valence electrons. The van der Waals surface area contributed by atoms with Crippen LogP contribution >= 0.6 is 23.2 Å². The number of halogens is 2. The van der Waals surface area contributed by atoms with Gasteiger partial charge in [-0.2, -0.15) is 0 Å². The topological polar surface area (TPSA) is 94.5 Å². The van der Waals surface area contributed by atoms with Crippen LogP contribution in [0.15, 0.2) is 42.5 Å². The molecule has 36 heavy (non-hydrogen) atoms. The van der Waals surface area contributed by atoms with E-state index < -0.39 is 18.2 Å². The van der Waals surface area contributed by atoms with Gasteiger partial charge in [0.1, 0.15) is 18.1 Å². The maximum Gasteiger partial charge on any atom is 0.409 e. The average molecular weight is 542 g/mol. The molecule has 0 saturated carbocycles. The fourth-order valence-electron chi connectivity index (χ4n) is 3.34. The van der Waals surface area contributed by atoms with Crippen LogP contribution in [0.25, 0.3) is 0 Å². The molecule has 0 aromatic heterocycles. The third-order valence-corrected chi connectivity index (χ3v) is 5.51. The number of amides is 1. The van der Waals surface area contributed by atoms with Gasteiger partial charge in [-0.1, -0.05) is 35.3 Å². The minimum atomic E-state index is -0.989. The molecule has 0 aliphatic rings. The van der Waals surface area contributed by atoms with Crippen LogP contribution in [0, 0.1) is 0 Å². The van der Waals surface area contributed by atoms with Gasteiger partial charge in [-0.25, -0.2) is 9.59 Å². The number of nitrogens with zero attached hydrogens (tertiary/aromatic N) is 1. The highest BCUT2D eigenvalue weighted by Crippen LogP contribution is 2.24. The van der Waals surface area contributed by atoms with Crippen molar-refractivity contribution in [2.45, 2.75) is 39.2 Å². The van der Waals surface area contributed by atoms with Crippen LogP contribution in [0.2, 0.25) is 10.0 Å². The first kappa shape index (κ1) is 29.5. The second-order valence-electron chi connectivity index (χ2n) is 7.83. The first-order valence-electron chi connectivity index (χ1n) is 11.9. The van der Waals surface area contributed by atoms with Crippen LogP contribution in [0.3, 0.4) is 0 Å².